The number of carbonyl (C=O) groups is 1. The number of hydrogen-bond donors (Lipinski definition) is 1. The van der Waals surface area contributed by atoms with Crippen molar-refractivity contribution in [2.24, 2.45) is 0 Å². The number of carbonyl (C=O) groups excluding carboxylic acids is 1. The zero-order chi connectivity index (χ0) is 6.97. The van der Waals surface area contributed by atoms with E-state index in [0.717, 1.165) is 6.54 Å². The quantitative estimate of drug-likeness (QED) is 0.598. The normalized spacial score (nSPS) is 23.6. The molecule has 0 spiro atoms. The van der Waals surface area contributed by atoms with Crippen LogP contribution in [0.3, 0.4) is 0 Å². The highest BCUT2D eigenvalue weighted by Gasteiger charge is 2.29. The average molecular weight is 153 g/mol. The third kappa shape index (κ3) is 0.743. The molecule has 10 heavy (non-hydrogen) atoms. The van der Waals surface area contributed by atoms with Crippen LogP contribution in [0, 0.1) is 0 Å². The van der Waals surface area contributed by atoms with Crippen molar-refractivity contribution in [2.75, 3.05) is 6.54 Å². The number of β-lactam (4-membered cyclic amide) rings is 1. The summed E-state index contributed by atoms with van der Waals surface area (Å²) in [4.78, 5) is 12.0. The SMILES string of the molecule is O=C1NCC1c1cccs1. The fraction of sp³-hybridized carbons (Fsp3) is 0.286. The van der Waals surface area contributed by atoms with E-state index >= 15 is 0 Å². The second kappa shape index (κ2) is 2.09. The first-order chi connectivity index (χ1) is 4.88. The lowest BCUT2D eigenvalue weighted by Crippen LogP contribution is -2.46. The summed E-state index contributed by atoms with van der Waals surface area (Å²) in [6.45, 7) is 0.819. The van der Waals surface area contributed by atoms with Crippen molar-refractivity contribution in [2.45, 2.75) is 5.92 Å². The van der Waals surface area contributed by atoms with Gasteiger partial charge in [-0.05, 0) is 11.4 Å². The first-order valence-corrected chi connectivity index (χ1v) is 4.07. The summed E-state index contributed by atoms with van der Waals surface area (Å²) in [5.41, 5.74) is 0. The molecule has 3 heteroatoms. The predicted octanol–water partition coefficient (Wildman–Crippen LogP) is 0.961. The minimum atomic E-state index is 0.153. The van der Waals surface area contributed by atoms with Crippen LogP contribution >= 0.6 is 11.3 Å². The molecule has 0 aromatic carbocycles. The molecule has 1 saturated heterocycles. The maximum absolute atomic E-state index is 10.8. The summed E-state index contributed by atoms with van der Waals surface area (Å²) < 4.78 is 0. The standard InChI is InChI=1S/C7H7NOS/c9-7-5(4-8-7)6-2-1-3-10-6/h1-3,5H,4H2,(H,8,9). The first kappa shape index (κ1) is 5.92. The molecule has 52 valence electrons. The van der Waals surface area contributed by atoms with Gasteiger partial charge in [0.05, 0.1) is 5.92 Å². The van der Waals surface area contributed by atoms with Gasteiger partial charge in [-0.2, -0.15) is 0 Å². The Bertz CT molecular complexity index is 242. The molecule has 2 nitrogen and oxygen atoms in total. The second-order valence-corrected chi connectivity index (χ2v) is 3.29. The van der Waals surface area contributed by atoms with Crippen LogP contribution in [0.25, 0.3) is 0 Å². The van der Waals surface area contributed by atoms with Gasteiger partial charge in [-0.1, -0.05) is 6.07 Å². The Kier molecular flexibility index (Phi) is 1.24. The van der Waals surface area contributed by atoms with Crippen LogP contribution in [0.4, 0.5) is 0 Å². The van der Waals surface area contributed by atoms with E-state index in [1.807, 2.05) is 17.5 Å². The highest BCUT2D eigenvalue weighted by molar-refractivity contribution is 7.10. The molecule has 2 rings (SSSR count). The van der Waals surface area contributed by atoms with E-state index < -0.39 is 0 Å². The van der Waals surface area contributed by atoms with Gasteiger partial charge in [-0.25, -0.2) is 0 Å². The highest BCUT2D eigenvalue weighted by atomic mass is 32.1. The molecule has 1 unspecified atom stereocenters. The minimum absolute atomic E-state index is 0.153. The van der Waals surface area contributed by atoms with Crippen molar-refractivity contribution in [3.63, 3.8) is 0 Å². The largest absolute Gasteiger partial charge is 0.354 e. The topological polar surface area (TPSA) is 29.1 Å². The maximum atomic E-state index is 10.8. The Morgan fingerprint density at radius 2 is 2.60 bits per heavy atom. The molecule has 1 aromatic heterocycles. The molecule has 1 N–H and O–H groups in total. The maximum Gasteiger partial charge on any atom is 0.230 e. The molecule has 1 aliphatic rings. The lowest BCUT2D eigenvalue weighted by Gasteiger charge is -2.24. The van der Waals surface area contributed by atoms with Crippen molar-refractivity contribution >= 4 is 17.2 Å². The molecule has 1 amide bonds. The van der Waals surface area contributed by atoms with E-state index in [9.17, 15) is 4.79 Å². The Labute approximate surface area is 62.9 Å². The Morgan fingerprint density at radius 1 is 1.70 bits per heavy atom. The molecule has 1 aliphatic heterocycles. The zero-order valence-electron chi connectivity index (χ0n) is 5.33. The van der Waals surface area contributed by atoms with Gasteiger partial charge in [0.1, 0.15) is 0 Å². The lowest BCUT2D eigenvalue weighted by atomic mass is 10.0. The summed E-state index contributed by atoms with van der Waals surface area (Å²) in [7, 11) is 0. The summed E-state index contributed by atoms with van der Waals surface area (Å²) >= 11 is 1.65. The van der Waals surface area contributed by atoms with Crippen LogP contribution < -0.4 is 5.32 Å². The molecule has 2 heterocycles. The molecular formula is C7H7NOS. The summed E-state index contributed by atoms with van der Waals surface area (Å²) in [5.74, 6) is 0.322. The minimum Gasteiger partial charge on any atom is -0.354 e. The Balaban J connectivity index is 2.21. The average Bonchev–Trinajstić information content (AvgIpc) is 2.37. The lowest BCUT2D eigenvalue weighted by molar-refractivity contribution is -0.127. The number of hydrogen-bond acceptors (Lipinski definition) is 2. The van der Waals surface area contributed by atoms with E-state index in [2.05, 4.69) is 5.32 Å². The summed E-state index contributed by atoms with van der Waals surface area (Å²) in [6, 6.07) is 3.99. The van der Waals surface area contributed by atoms with E-state index in [1.54, 1.807) is 11.3 Å². The number of thiophene rings is 1. The Morgan fingerprint density at radius 3 is 3.00 bits per heavy atom. The molecular weight excluding hydrogens is 146 g/mol. The van der Waals surface area contributed by atoms with Crippen LogP contribution in [-0.2, 0) is 4.79 Å². The van der Waals surface area contributed by atoms with Crippen molar-refractivity contribution in [3.05, 3.63) is 22.4 Å². The van der Waals surface area contributed by atoms with Crippen LogP contribution in [0.1, 0.15) is 10.8 Å². The van der Waals surface area contributed by atoms with Crippen molar-refractivity contribution in [1.29, 1.82) is 0 Å². The molecule has 1 fully saturated rings. The van der Waals surface area contributed by atoms with Gasteiger partial charge in [0.2, 0.25) is 5.91 Å². The molecule has 0 bridgehead atoms. The second-order valence-electron chi connectivity index (χ2n) is 2.31. The van der Waals surface area contributed by atoms with Crippen LogP contribution in [0.15, 0.2) is 17.5 Å². The third-order valence-corrected chi connectivity index (χ3v) is 2.67. The molecule has 0 radical (unpaired) electrons. The highest BCUT2D eigenvalue weighted by Crippen LogP contribution is 2.24. The summed E-state index contributed by atoms with van der Waals surface area (Å²) in [6.07, 6.45) is 0. The van der Waals surface area contributed by atoms with Crippen molar-refractivity contribution in [3.8, 4) is 0 Å². The molecule has 0 aliphatic carbocycles. The summed E-state index contributed by atoms with van der Waals surface area (Å²) in [5, 5.41) is 4.72. The van der Waals surface area contributed by atoms with Gasteiger partial charge < -0.3 is 5.32 Å². The smallest absolute Gasteiger partial charge is 0.230 e. The monoisotopic (exact) mass is 153 g/mol. The molecule has 1 aromatic rings. The van der Waals surface area contributed by atoms with Gasteiger partial charge in [0.15, 0.2) is 0 Å². The zero-order valence-corrected chi connectivity index (χ0v) is 6.15. The van der Waals surface area contributed by atoms with E-state index in [1.165, 1.54) is 4.88 Å². The van der Waals surface area contributed by atoms with Gasteiger partial charge in [-0.15, -0.1) is 11.3 Å². The van der Waals surface area contributed by atoms with Crippen LogP contribution in [0.2, 0.25) is 0 Å². The fourth-order valence-corrected chi connectivity index (χ4v) is 1.83. The molecule has 1 atom stereocenters. The van der Waals surface area contributed by atoms with E-state index in [0.29, 0.717) is 0 Å². The van der Waals surface area contributed by atoms with Gasteiger partial charge >= 0.3 is 0 Å². The van der Waals surface area contributed by atoms with Gasteiger partial charge in [-0.3, -0.25) is 4.79 Å². The first-order valence-electron chi connectivity index (χ1n) is 3.19. The fourth-order valence-electron chi connectivity index (χ4n) is 1.01. The van der Waals surface area contributed by atoms with E-state index in [4.69, 9.17) is 0 Å². The van der Waals surface area contributed by atoms with Crippen molar-refractivity contribution < 1.29 is 4.79 Å². The predicted molar refractivity (Wildman–Crippen MR) is 40.1 cm³/mol. The van der Waals surface area contributed by atoms with E-state index in [-0.39, 0.29) is 11.8 Å². The van der Waals surface area contributed by atoms with Gasteiger partial charge in [0.25, 0.3) is 0 Å². The van der Waals surface area contributed by atoms with Gasteiger partial charge in [0, 0.05) is 11.4 Å². The Hall–Kier alpha value is -0.830. The number of rotatable bonds is 1. The third-order valence-electron chi connectivity index (χ3n) is 1.68. The van der Waals surface area contributed by atoms with Crippen LogP contribution in [0.5, 0.6) is 0 Å². The van der Waals surface area contributed by atoms with Crippen molar-refractivity contribution in [1.82, 2.24) is 5.32 Å². The number of nitrogens with one attached hydrogen (secondary N) is 1. The van der Waals surface area contributed by atoms with Crippen LogP contribution in [-0.4, -0.2) is 12.5 Å². The molecule has 0 saturated carbocycles. The number of amides is 1.